The van der Waals surface area contributed by atoms with Gasteiger partial charge in [-0.25, -0.2) is 4.39 Å². The summed E-state index contributed by atoms with van der Waals surface area (Å²) in [7, 11) is 1.63. The molecular weight excluding hydrogens is 255 g/mol. The van der Waals surface area contributed by atoms with E-state index in [2.05, 4.69) is 17.1 Å². The van der Waals surface area contributed by atoms with Crippen molar-refractivity contribution in [3.63, 3.8) is 0 Å². The molecule has 0 unspecified atom stereocenters. The molecule has 1 aliphatic heterocycles. The van der Waals surface area contributed by atoms with Crippen molar-refractivity contribution in [2.24, 2.45) is 0 Å². The minimum Gasteiger partial charge on any atom is -0.496 e. The Bertz CT molecular complexity index is 462. The normalized spacial score (nSPS) is 17.2. The van der Waals surface area contributed by atoms with Gasteiger partial charge in [0.05, 0.1) is 7.11 Å². The Morgan fingerprint density at radius 1 is 1.30 bits per heavy atom. The minimum absolute atomic E-state index is 0.635. The zero-order valence-electron chi connectivity index (χ0n) is 12.9. The Morgan fingerprint density at radius 2 is 1.95 bits per heavy atom. The number of rotatable bonds is 4. The van der Waals surface area contributed by atoms with Crippen LogP contribution in [-0.4, -0.2) is 38.2 Å². The van der Waals surface area contributed by atoms with Crippen LogP contribution < -0.4 is 10.1 Å². The Labute approximate surface area is 121 Å². The van der Waals surface area contributed by atoms with Crippen LogP contribution in [0.25, 0.3) is 0 Å². The standard InChI is InChI=1S/C16H25FN2O/c1-12-5-6-14(16(2,3)17)15(20-4)13(12)11-19-9-7-18-8-10-19/h5-6,18H,7-11H2,1-4H3. The summed E-state index contributed by atoms with van der Waals surface area (Å²) < 4.78 is 19.9. The highest BCUT2D eigenvalue weighted by molar-refractivity contribution is 5.48. The molecule has 1 N–H and O–H groups in total. The molecule has 1 saturated heterocycles. The number of nitrogens with zero attached hydrogens (tertiary/aromatic N) is 1. The van der Waals surface area contributed by atoms with Gasteiger partial charge >= 0.3 is 0 Å². The number of piperazine rings is 1. The SMILES string of the molecule is COc1c(C(C)(C)F)ccc(C)c1CN1CCNCC1. The Morgan fingerprint density at radius 3 is 2.50 bits per heavy atom. The zero-order chi connectivity index (χ0) is 14.8. The molecule has 1 aliphatic rings. The predicted molar refractivity (Wildman–Crippen MR) is 80.0 cm³/mol. The van der Waals surface area contributed by atoms with E-state index >= 15 is 0 Å². The van der Waals surface area contributed by atoms with Crippen LogP contribution in [0.4, 0.5) is 4.39 Å². The van der Waals surface area contributed by atoms with E-state index in [4.69, 9.17) is 4.74 Å². The van der Waals surface area contributed by atoms with Crippen molar-refractivity contribution in [2.75, 3.05) is 33.3 Å². The summed E-state index contributed by atoms with van der Waals surface area (Å²) in [5.74, 6) is 0.705. The largest absolute Gasteiger partial charge is 0.496 e. The summed E-state index contributed by atoms with van der Waals surface area (Å²) in [5, 5.41) is 3.35. The molecule has 4 heteroatoms. The van der Waals surface area contributed by atoms with Gasteiger partial charge in [-0.15, -0.1) is 0 Å². The quantitative estimate of drug-likeness (QED) is 0.917. The second-order valence-electron chi connectivity index (χ2n) is 5.94. The summed E-state index contributed by atoms with van der Waals surface area (Å²) in [4.78, 5) is 2.39. The second kappa shape index (κ2) is 6.10. The van der Waals surface area contributed by atoms with Gasteiger partial charge < -0.3 is 10.1 Å². The van der Waals surface area contributed by atoms with Gasteiger partial charge in [0.2, 0.25) is 0 Å². The van der Waals surface area contributed by atoms with Crippen LogP contribution in [0.2, 0.25) is 0 Å². The second-order valence-corrected chi connectivity index (χ2v) is 5.94. The molecule has 3 nitrogen and oxygen atoms in total. The average molecular weight is 280 g/mol. The summed E-state index contributed by atoms with van der Waals surface area (Å²) in [6.07, 6.45) is 0. The van der Waals surface area contributed by atoms with Crippen LogP contribution in [0.3, 0.4) is 0 Å². The lowest BCUT2D eigenvalue weighted by molar-refractivity contribution is 0.208. The Balaban J connectivity index is 2.34. The maximum absolute atomic E-state index is 14.4. The predicted octanol–water partition coefficient (Wildman–Crippen LogP) is 2.61. The fourth-order valence-corrected chi connectivity index (χ4v) is 2.72. The fourth-order valence-electron chi connectivity index (χ4n) is 2.72. The van der Waals surface area contributed by atoms with Crippen LogP contribution in [0.15, 0.2) is 12.1 Å². The third-order valence-electron chi connectivity index (χ3n) is 3.93. The molecule has 1 heterocycles. The van der Waals surface area contributed by atoms with Crippen molar-refractivity contribution in [3.05, 3.63) is 28.8 Å². The fraction of sp³-hybridized carbons (Fsp3) is 0.625. The highest BCUT2D eigenvalue weighted by Crippen LogP contribution is 2.37. The number of halogens is 1. The van der Waals surface area contributed by atoms with Crippen LogP contribution in [0.1, 0.15) is 30.5 Å². The highest BCUT2D eigenvalue weighted by Gasteiger charge is 2.26. The molecule has 0 bridgehead atoms. The van der Waals surface area contributed by atoms with E-state index in [-0.39, 0.29) is 0 Å². The van der Waals surface area contributed by atoms with E-state index in [1.165, 1.54) is 0 Å². The number of alkyl halides is 1. The third kappa shape index (κ3) is 3.30. The minimum atomic E-state index is -1.39. The number of benzene rings is 1. The van der Waals surface area contributed by atoms with Crippen molar-refractivity contribution >= 4 is 0 Å². The molecule has 1 fully saturated rings. The van der Waals surface area contributed by atoms with Crippen LogP contribution >= 0.6 is 0 Å². The van der Waals surface area contributed by atoms with Crippen molar-refractivity contribution in [1.29, 1.82) is 0 Å². The van der Waals surface area contributed by atoms with Crippen LogP contribution in [-0.2, 0) is 12.2 Å². The van der Waals surface area contributed by atoms with E-state index in [0.29, 0.717) is 11.3 Å². The molecule has 0 aromatic heterocycles. The molecule has 0 spiro atoms. The molecule has 0 atom stereocenters. The van der Waals surface area contributed by atoms with Gasteiger partial charge in [0, 0.05) is 43.9 Å². The monoisotopic (exact) mass is 280 g/mol. The summed E-state index contributed by atoms with van der Waals surface area (Å²) in [6.45, 7) is 10.1. The van der Waals surface area contributed by atoms with Gasteiger partial charge in [-0.05, 0) is 26.3 Å². The first kappa shape index (κ1) is 15.3. The molecule has 0 radical (unpaired) electrons. The van der Waals surface area contributed by atoms with Gasteiger partial charge in [0.25, 0.3) is 0 Å². The van der Waals surface area contributed by atoms with Gasteiger partial charge in [-0.2, -0.15) is 0 Å². The number of aryl methyl sites for hydroxylation is 1. The summed E-state index contributed by atoms with van der Waals surface area (Å²) in [5.41, 5.74) is 1.51. The number of ether oxygens (including phenoxy) is 1. The van der Waals surface area contributed by atoms with Crippen molar-refractivity contribution in [3.8, 4) is 5.75 Å². The van der Waals surface area contributed by atoms with Gasteiger partial charge in [-0.1, -0.05) is 12.1 Å². The number of hydrogen-bond acceptors (Lipinski definition) is 3. The lowest BCUT2D eigenvalue weighted by Gasteiger charge is -2.29. The molecule has 1 aromatic rings. The van der Waals surface area contributed by atoms with Gasteiger partial charge in [0.15, 0.2) is 0 Å². The molecule has 0 aliphatic carbocycles. The van der Waals surface area contributed by atoms with Gasteiger partial charge in [-0.3, -0.25) is 4.90 Å². The lowest BCUT2D eigenvalue weighted by Crippen LogP contribution is -2.43. The van der Waals surface area contributed by atoms with Crippen molar-refractivity contribution in [1.82, 2.24) is 10.2 Å². The molecular formula is C16H25FN2O. The van der Waals surface area contributed by atoms with E-state index in [1.807, 2.05) is 12.1 Å². The number of methoxy groups -OCH3 is 1. The van der Waals surface area contributed by atoms with Crippen LogP contribution in [0.5, 0.6) is 5.75 Å². The molecule has 20 heavy (non-hydrogen) atoms. The summed E-state index contributed by atoms with van der Waals surface area (Å²) in [6, 6.07) is 3.84. The van der Waals surface area contributed by atoms with E-state index < -0.39 is 5.67 Å². The van der Waals surface area contributed by atoms with E-state index in [0.717, 1.165) is 43.9 Å². The Kier molecular flexibility index (Phi) is 4.66. The van der Waals surface area contributed by atoms with Gasteiger partial charge in [0.1, 0.15) is 11.4 Å². The smallest absolute Gasteiger partial charge is 0.134 e. The molecule has 2 rings (SSSR count). The van der Waals surface area contributed by atoms with Crippen LogP contribution in [0, 0.1) is 6.92 Å². The maximum atomic E-state index is 14.4. The first-order valence-electron chi connectivity index (χ1n) is 7.22. The molecule has 0 saturated carbocycles. The average Bonchev–Trinajstić information content (AvgIpc) is 2.40. The molecule has 1 aromatic carbocycles. The zero-order valence-corrected chi connectivity index (χ0v) is 12.9. The third-order valence-corrected chi connectivity index (χ3v) is 3.93. The maximum Gasteiger partial charge on any atom is 0.134 e. The highest BCUT2D eigenvalue weighted by atomic mass is 19.1. The molecule has 0 amide bonds. The number of hydrogen-bond donors (Lipinski definition) is 1. The van der Waals surface area contributed by atoms with Crippen molar-refractivity contribution < 1.29 is 9.13 Å². The Hall–Kier alpha value is -1.13. The lowest BCUT2D eigenvalue weighted by atomic mass is 9.93. The molecule has 112 valence electrons. The van der Waals surface area contributed by atoms with E-state index in [9.17, 15) is 4.39 Å². The van der Waals surface area contributed by atoms with E-state index in [1.54, 1.807) is 21.0 Å². The summed E-state index contributed by atoms with van der Waals surface area (Å²) >= 11 is 0. The first-order chi connectivity index (χ1) is 9.43. The van der Waals surface area contributed by atoms with Crippen molar-refractivity contribution in [2.45, 2.75) is 33.0 Å². The topological polar surface area (TPSA) is 24.5 Å². The first-order valence-corrected chi connectivity index (χ1v) is 7.22. The number of nitrogens with one attached hydrogen (secondary N) is 1.